The minimum Gasteiger partial charge on any atom is -0.322 e. The summed E-state index contributed by atoms with van der Waals surface area (Å²) in [5.74, 6) is -0.705. The molecular formula is C31H32N4O4S2. The number of sulfonamides is 1. The summed E-state index contributed by atoms with van der Waals surface area (Å²) in [5.41, 5.74) is 6.98. The van der Waals surface area contributed by atoms with E-state index in [0.717, 1.165) is 21.2 Å². The van der Waals surface area contributed by atoms with E-state index < -0.39 is 10.0 Å². The Morgan fingerprint density at radius 3 is 2.41 bits per heavy atom. The predicted octanol–water partition coefficient (Wildman–Crippen LogP) is 5.71. The van der Waals surface area contributed by atoms with E-state index in [1.54, 1.807) is 32.0 Å². The Labute approximate surface area is 244 Å². The van der Waals surface area contributed by atoms with Gasteiger partial charge in [0.1, 0.15) is 0 Å². The van der Waals surface area contributed by atoms with E-state index in [9.17, 15) is 18.0 Å². The lowest BCUT2D eigenvalue weighted by atomic mass is 9.98. The van der Waals surface area contributed by atoms with Gasteiger partial charge in [-0.2, -0.15) is 9.41 Å². The molecule has 2 heterocycles. The molecule has 2 N–H and O–H groups in total. The summed E-state index contributed by atoms with van der Waals surface area (Å²) < 4.78 is 28.9. The Morgan fingerprint density at radius 1 is 0.976 bits per heavy atom. The second kappa shape index (κ2) is 11.9. The van der Waals surface area contributed by atoms with Crippen LogP contribution in [0.5, 0.6) is 0 Å². The van der Waals surface area contributed by atoms with Crippen molar-refractivity contribution in [1.82, 2.24) is 9.73 Å². The van der Waals surface area contributed by atoms with Crippen molar-refractivity contribution in [2.45, 2.75) is 38.5 Å². The highest BCUT2D eigenvalue weighted by Gasteiger charge is 2.33. The molecule has 0 bridgehead atoms. The van der Waals surface area contributed by atoms with Crippen LogP contribution in [0.4, 0.5) is 5.69 Å². The summed E-state index contributed by atoms with van der Waals surface area (Å²) in [4.78, 5) is 25.9. The zero-order chi connectivity index (χ0) is 29.1. The van der Waals surface area contributed by atoms with Crippen LogP contribution < -0.4 is 10.7 Å². The molecule has 0 spiro atoms. The third-order valence-corrected chi connectivity index (χ3v) is 10.4. The lowest BCUT2D eigenvalue weighted by Crippen LogP contribution is -2.42. The number of nitrogens with zero attached hydrogens (tertiary/aromatic N) is 2. The van der Waals surface area contributed by atoms with Crippen molar-refractivity contribution in [3.05, 3.63) is 94.4 Å². The number of piperidine rings is 1. The highest BCUT2D eigenvalue weighted by atomic mass is 32.2. The molecule has 3 aromatic carbocycles. The molecule has 41 heavy (non-hydrogen) atoms. The Morgan fingerprint density at radius 2 is 1.68 bits per heavy atom. The molecule has 1 saturated heterocycles. The monoisotopic (exact) mass is 588 g/mol. The van der Waals surface area contributed by atoms with Gasteiger partial charge in [0.15, 0.2) is 0 Å². The van der Waals surface area contributed by atoms with Gasteiger partial charge in [-0.3, -0.25) is 9.59 Å². The second-order valence-corrected chi connectivity index (χ2v) is 13.1. The number of thiophene rings is 1. The molecule has 1 aliphatic rings. The number of aryl methyl sites for hydroxylation is 2. The molecule has 5 rings (SSSR count). The first-order chi connectivity index (χ1) is 19.6. The molecule has 0 aliphatic carbocycles. The van der Waals surface area contributed by atoms with Crippen molar-refractivity contribution >= 4 is 54.7 Å². The normalized spacial score (nSPS) is 15.1. The van der Waals surface area contributed by atoms with Crippen LogP contribution in [0.2, 0.25) is 0 Å². The molecule has 2 amide bonds. The SMILES string of the molecule is CC(=NNC(=O)C1CCN(S(=O)(=O)c2cc(C)ccc2C)CC1)c1ccc(NC(=O)c2csc3ccccc23)cc1. The van der Waals surface area contributed by atoms with Crippen LogP contribution in [0, 0.1) is 19.8 Å². The maximum Gasteiger partial charge on any atom is 0.257 e. The number of carbonyl (C=O) groups excluding carboxylic acids is 2. The number of benzene rings is 3. The van der Waals surface area contributed by atoms with E-state index in [1.165, 1.54) is 15.6 Å². The Bertz CT molecular complexity index is 1740. The first-order valence-corrected chi connectivity index (χ1v) is 15.7. The van der Waals surface area contributed by atoms with Crippen molar-refractivity contribution in [2.24, 2.45) is 11.0 Å². The third-order valence-electron chi connectivity index (χ3n) is 7.41. The Hall–Kier alpha value is -3.86. The topological polar surface area (TPSA) is 108 Å². The molecule has 10 heteroatoms. The maximum absolute atomic E-state index is 13.2. The van der Waals surface area contributed by atoms with Crippen LogP contribution in [0.25, 0.3) is 10.1 Å². The van der Waals surface area contributed by atoms with Crippen molar-refractivity contribution < 1.29 is 18.0 Å². The minimum absolute atomic E-state index is 0.166. The van der Waals surface area contributed by atoms with Crippen LogP contribution >= 0.6 is 11.3 Å². The number of hydrazone groups is 1. The average molecular weight is 589 g/mol. The standard InChI is InChI=1S/C31H32N4O4S2/c1-20-8-9-21(2)29(18-20)41(38,39)35-16-14-24(15-17-35)30(36)34-33-22(3)23-10-12-25(13-11-23)32-31(37)27-19-40-28-7-5-4-6-26(27)28/h4-13,18-19,24H,14-17H2,1-3H3,(H,32,37)(H,34,36). The first-order valence-electron chi connectivity index (χ1n) is 13.4. The predicted molar refractivity (Wildman–Crippen MR) is 164 cm³/mol. The number of hydrogen-bond acceptors (Lipinski definition) is 6. The maximum atomic E-state index is 13.2. The lowest BCUT2D eigenvalue weighted by Gasteiger charge is -2.30. The first kappa shape index (κ1) is 28.7. The van der Waals surface area contributed by atoms with E-state index >= 15 is 0 Å². The number of hydrogen-bond donors (Lipinski definition) is 2. The van der Waals surface area contributed by atoms with E-state index in [1.807, 2.05) is 60.8 Å². The lowest BCUT2D eigenvalue weighted by molar-refractivity contribution is -0.126. The van der Waals surface area contributed by atoms with Gasteiger partial charge in [-0.25, -0.2) is 13.8 Å². The Balaban J connectivity index is 1.15. The Kier molecular flexibility index (Phi) is 8.35. The van der Waals surface area contributed by atoms with E-state index in [0.29, 0.717) is 40.3 Å². The van der Waals surface area contributed by atoms with Crippen LogP contribution in [0.3, 0.4) is 0 Å². The highest BCUT2D eigenvalue weighted by Crippen LogP contribution is 2.28. The van der Waals surface area contributed by atoms with Gasteiger partial charge in [0.25, 0.3) is 5.91 Å². The highest BCUT2D eigenvalue weighted by molar-refractivity contribution is 7.89. The van der Waals surface area contributed by atoms with Crippen LogP contribution in [-0.4, -0.2) is 43.3 Å². The molecule has 212 valence electrons. The van der Waals surface area contributed by atoms with Crippen LogP contribution in [0.1, 0.15) is 46.8 Å². The molecule has 1 aromatic heterocycles. The zero-order valence-electron chi connectivity index (χ0n) is 23.2. The summed E-state index contributed by atoms with van der Waals surface area (Å²) in [6.45, 7) is 6.03. The summed E-state index contributed by atoms with van der Waals surface area (Å²) >= 11 is 1.54. The fourth-order valence-corrected chi connectivity index (χ4v) is 7.64. The average Bonchev–Trinajstić information content (AvgIpc) is 3.42. The molecule has 0 radical (unpaired) electrons. The molecule has 8 nitrogen and oxygen atoms in total. The van der Waals surface area contributed by atoms with Crippen molar-refractivity contribution in [3.8, 4) is 0 Å². The van der Waals surface area contributed by atoms with Gasteiger partial charge in [-0.15, -0.1) is 11.3 Å². The molecular weight excluding hydrogens is 556 g/mol. The smallest absolute Gasteiger partial charge is 0.257 e. The van der Waals surface area contributed by atoms with Crippen LogP contribution in [-0.2, 0) is 14.8 Å². The molecule has 1 aliphatic heterocycles. The summed E-state index contributed by atoms with van der Waals surface area (Å²) in [6.07, 6.45) is 0.858. The van der Waals surface area contributed by atoms with E-state index in [4.69, 9.17) is 0 Å². The molecule has 0 atom stereocenters. The van der Waals surface area contributed by atoms with Crippen molar-refractivity contribution in [1.29, 1.82) is 0 Å². The fourth-order valence-electron chi connectivity index (χ4n) is 4.92. The van der Waals surface area contributed by atoms with Crippen molar-refractivity contribution in [3.63, 3.8) is 0 Å². The van der Waals surface area contributed by atoms with Gasteiger partial charge in [-0.1, -0.05) is 42.5 Å². The molecule has 1 fully saturated rings. The van der Waals surface area contributed by atoms with Crippen molar-refractivity contribution in [2.75, 3.05) is 18.4 Å². The summed E-state index contributed by atoms with van der Waals surface area (Å²) in [7, 11) is -3.61. The quantitative estimate of drug-likeness (QED) is 0.213. The largest absolute Gasteiger partial charge is 0.322 e. The fraction of sp³-hybridized carbons (Fsp3) is 0.258. The van der Waals surface area contributed by atoms with E-state index in [2.05, 4.69) is 15.8 Å². The number of rotatable bonds is 7. The number of carbonyl (C=O) groups is 2. The van der Waals surface area contributed by atoms with Gasteiger partial charge < -0.3 is 5.32 Å². The van der Waals surface area contributed by atoms with Gasteiger partial charge in [0, 0.05) is 40.2 Å². The summed E-state index contributed by atoms with van der Waals surface area (Å²) in [5, 5.41) is 10.0. The third kappa shape index (κ3) is 6.24. The number of anilines is 1. The summed E-state index contributed by atoms with van der Waals surface area (Å²) in [6, 6.07) is 20.5. The minimum atomic E-state index is -3.61. The zero-order valence-corrected chi connectivity index (χ0v) is 24.8. The van der Waals surface area contributed by atoms with Gasteiger partial charge in [-0.05, 0) is 74.6 Å². The number of amides is 2. The molecule has 4 aromatic rings. The van der Waals surface area contributed by atoms with E-state index in [-0.39, 0.29) is 30.8 Å². The number of fused-ring (bicyclic) bond motifs is 1. The molecule has 0 saturated carbocycles. The molecule has 0 unspecified atom stereocenters. The second-order valence-electron chi connectivity index (χ2n) is 10.3. The van der Waals surface area contributed by atoms with Gasteiger partial charge in [0.05, 0.1) is 16.2 Å². The van der Waals surface area contributed by atoms with Gasteiger partial charge in [0.2, 0.25) is 15.9 Å². The van der Waals surface area contributed by atoms with Crippen LogP contribution in [0.15, 0.2) is 82.1 Å². The number of nitrogens with one attached hydrogen (secondary N) is 2. The van der Waals surface area contributed by atoms with Gasteiger partial charge >= 0.3 is 0 Å².